The van der Waals surface area contributed by atoms with Crippen LogP contribution in [0, 0.1) is 0 Å². The molecule has 1 aliphatic heterocycles. The number of ether oxygens (including phenoxy) is 1. The zero-order valence-electron chi connectivity index (χ0n) is 18.5. The second-order valence-corrected chi connectivity index (χ2v) is 7.78. The normalized spacial score (nSPS) is 14.6. The van der Waals surface area contributed by atoms with Crippen LogP contribution in [0.25, 0.3) is 11.0 Å². The van der Waals surface area contributed by atoms with Crippen LogP contribution in [0.15, 0.2) is 41.0 Å². The fraction of sp³-hybridized carbons (Fsp3) is 0.435. The van der Waals surface area contributed by atoms with Crippen LogP contribution in [0.3, 0.4) is 0 Å². The van der Waals surface area contributed by atoms with Gasteiger partial charge in [0, 0.05) is 38.4 Å². The van der Waals surface area contributed by atoms with E-state index in [4.69, 9.17) is 14.1 Å². The van der Waals surface area contributed by atoms with Crippen LogP contribution < -0.4 is 5.32 Å². The molecule has 4 rings (SSSR count). The lowest BCUT2D eigenvalue weighted by Gasteiger charge is -2.33. The van der Waals surface area contributed by atoms with E-state index in [1.807, 2.05) is 25.1 Å². The van der Waals surface area contributed by atoms with Gasteiger partial charge in [-0.15, -0.1) is 0 Å². The first kappa shape index (κ1) is 21.9. The number of nitrogens with one attached hydrogen (secondary N) is 1. The number of furan rings is 1. The molecule has 9 heteroatoms. The predicted octanol–water partition coefficient (Wildman–Crippen LogP) is 3.57. The molecule has 9 nitrogen and oxygen atoms in total. The molecule has 170 valence electrons. The minimum Gasteiger partial charge on any atom is -0.459 e. The number of benzene rings is 1. The fourth-order valence-corrected chi connectivity index (χ4v) is 3.96. The first-order chi connectivity index (χ1) is 15.6. The number of piperazine rings is 1. The van der Waals surface area contributed by atoms with Crippen molar-refractivity contribution in [3.8, 4) is 0 Å². The summed E-state index contributed by atoms with van der Waals surface area (Å²) in [6.45, 7) is 8.78. The third-order valence-corrected chi connectivity index (χ3v) is 5.54. The largest absolute Gasteiger partial charge is 0.459 e. The summed E-state index contributed by atoms with van der Waals surface area (Å²) in [5.41, 5.74) is 2.56. The van der Waals surface area contributed by atoms with Crippen molar-refractivity contribution in [2.75, 3.05) is 38.1 Å². The van der Waals surface area contributed by atoms with Crippen LogP contribution in [-0.4, -0.2) is 64.1 Å². The van der Waals surface area contributed by atoms with Gasteiger partial charge in [0.1, 0.15) is 5.82 Å². The Labute approximate surface area is 186 Å². The summed E-state index contributed by atoms with van der Waals surface area (Å²) in [4.78, 5) is 33.2. The summed E-state index contributed by atoms with van der Waals surface area (Å²) in [5.74, 6) is 0.965. The highest BCUT2D eigenvalue weighted by atomic mass is 16.6. The number of aryl methyl sites for hydroxylation is 1. The maximum atomic E-state index is 12.3. The summed E-state index contributed by atoms with van der Waals surface area (Å²) in [6.07, 6.45) is 2.23. The number of fused-ring (bicyclic) bond motifs is 1. The van der Waals surface area contributed by atoms with Gasteiger partial charge in [-0.25, -0.2) is 9.78 Å². The Bertz CT molecular complexity index is 1070. The standard InChI is InChI=1S/C23H29N5O4/c1-3-9-28-19-8-7-17(24-22(29)20-6-5-14-32-20)15-18(19)25-21(28)16-26-10-12-27(13-11-26)23(30)31-4-2/h5-8,14-15H,3-4,9-13,16H2,1-2H3,(H,24,29). The van der Waals surface area contributed by atoms with Crippen molar-refractivity contribution in [3.05, 3.63) is 48.2 Å². The monoisotopic (exact) mass is 439 g/mol. The topological polar surface area (TPSA) is 92.8 Å². The van der Waals surface area contributed by atoms with Gasteiger partial charge in [-0.05, 0) is 43.7 Å². The van der Waals surface area contributed by atoms with Crippen LogP contribution >= 0.6 is 0 Å². The van der Waals surface area contributed by atoms with E-state index >= 15 is 0 Å². The van der Waals surface area contributed by atoms with E-state index in [1.54, 1.807) is 17.0 Å². The van der Waals surface area contributed by atoms with E-state index in [-0.39, 0.29) is 17.8 Å². The number of aromatic nitrogens is 2. The molecule has 0 bridgehead atoms. The van der Waals surface area contributed by atoms with Crippen molar-refractivity contribution in [2.45, 2.75) is 33.4 Å². The number of hydrogen-bond donors (Lipinski definition) is 1. The lowest BCUT2D eigenvalue weighted by Crippen LogP contribution is -2.48. The molecule has 0 atom stereocenters. The van der Waals surface area contributed by atoms with Crippen LogP contribution in [0.5, 0.6) is 0 Å². The Kier molecular flexibility index (Phi) is 6.75. The molecule has 32 heavy (non-hydrogen) atoms. The summed E-state index contributed by atoms with van der Waals surface area (Å²) in [5, 5.41) is 2.86. The fourth-order valence-electron chi connectivity index (χ4n) is 3.96. The molecule has 1 saturated heterocycles. The first-order valence-corrected chi connectivity index (χ1v) is 11.1. The first-order valence-electron chi connectivity index (χ1n) is 11.1. The molecule has 0 unspecified atom stereocenters. The summed E-state index contributed by atoms with van der Waals surface area (Å²) in [6, 6.07) is 9.09. The smallest absolute Gasteiger partial charge is 0.409 e. The molecule has 2 aromatic heterocycles. The van der Waals surface area contributed by atoms with Gasteiger partial charge in [0.15, 0.2) is 5.76 Å². The lowest BCUT2D eigenvalue weighted by atomic mass is 10.2. The van der Waals surface area contributed by atoms with Gasteiger partial charge < -0.3 is 23.9 Å². The quantitative estimate of drug-likeness (QED) is 0.605. The predicted molar refractivity (Wildman–Crippen MR) is 121 cm³/mol. The highest BCUT2D eigenvalue weighted by molar-refractivity contribution is 6.03. The highest BCUT2D eigenvalue weighted by Gasteiger charge is 2.23. The molecule has 0 spiro atoms. The molecule has 0 saturated carbocycles. The van der Waals surface area contributed by atoms with Gasteiger partial charge in [0.2, 0.25) is 0 Å². The molecule has 1 aromatic carbocycles. The van der Waals surface area contributed by atoms with Gasteiger partial charge in [-0.1, -0.05) is 6.92 Å². The van der Waals surface area contributed by atoms with Gasteiger partial charge in [0.25, 0.3) is 5.91 Å². The van der Waals surface area contributed by atoms with Gasteiger partial charge in [-0.2, -0.15) is 0 Å². The third-order valence-electron chi connectivity index (χ3n) is 5.54. The Balaban J connectivity index is 1.48. The van der Waals surface area contributed by atoms with E-state index in [1.165, 1.54) is 6.26 Å². The zero-order chi connectivity index (χ0) is 22.5. The third kappa shape index (κ3) is 4.77. The molecule has 2 amide bonds. The van der Waals surface area contributed by atoms with E-state index in [0.29, 0.717) is 31.9 Å². The molecular weight excluding hydrogens is 410 g/mol. The second-order valence-electron chi connectivity index (χ2n) is 7.78. The van der Waals surface area contributed by atoms with E-state index in [2.05, 4.69) is 21.7 Å². The van der Waals surface area contributed by atoms with Crippen LogP contribution in [0.1, 0.15) is 36.6 Å². The average molecular weight is 440 g/mol. The highest BCUT2D eigenvalue weighted by Crippen LogP contribution is 2.23. The van der Waals surface area contributed by atoms with E-state index < -0.39 is 0 Å². The molecule has 1 aliphatic rings. The SMILES string of the molecule is CCCn1c(CN2CCN(C(=O)OCC)CC2)nc2cc(NC(=O)c3ccco3)ccc21. The lowest BCUT2D eigenvalue weighted by molar-refractivity contribution is 0.0769. The molecule has 1 fully saturated rings. The van der Waals surface area contributed by atoms with Crippen molar-refractivity contribution in [2.24, 2.45) is 0 Å². The van der Waals surface area contributed by atoms with Crippen molar-refractivity contribution in [1.29, 1.82) is 0 Å². The van der Waals surface area contributed by atoms with Crippen molar-refractivity contribution >= 4 is 28.7 Å². The van der Waals surface area contributed by atoms with Crippen LogP contribution in [0.4, 0.5) is 10.5 Å². The van der Waals surface area contributed by atoms with Crippen molar-refractivity contribution in [1.82, 2.24) is 19.4 Å². The van der Waals surface area contributed by atoms with Gasteiger partial charge >= 0.3 is 6.09 Å². The minimum absolute atomic E-state index is 0.241. The molecule has 0 aliphatic carbocycles. The maximum Gasteiger partial charge on any atom is 0.409 e. The Hall–Kier alpha value is -3.33. The second kappa shape index (κ2) is 9.86. The number of anilines is 1. The van der Waals surface area contributed by atoms with Crippen LogP contribution in [0.2, 0.25) is 0 Å². The maximum absolute atomic E-state index is 12.3. The van der Waals surface area contributed by atoms with E-state index in [0.717, 1.165) is 42.9 Å². The summed E-state index contributed by atoms with van der Waals surface area (Å²) < 4.78 is 12.5. The zero-order valence-corrected chi connectivity index (χ0v) is 18.5. The number of imidazole rings is 1. The van der Waals surface area contributed by atoms with Gasteiger partial charge in [-0.3, -0.25) is 9.69 Å². The molecule has 3 aromatic rings. The summed E-state index contributed by atoms with van der Waals surface area (Å²) in [7, 11) is 0. The minimum atomic E-state index is -0.290. The number of amides is 2. The Morgan fingerprint density at radius 2 is 1.97 bits per heavy atom. The van der Waals surface area contributed by atoms with Crippen molar-refractivity contribution in [3.63, 3.8) is 0 Å². The number of hydrogen-bond acceptors (Lipinski definition) is 6. The molecular formula is C23H29N5O4. The average Bonchev–Trinajstić information content (AvgIpc) is 3.44. The Morgan fingerprint density at radius 3 is 2.66 bits per heavy atom. The van der Waals surface area contributed by atoms with Crippen molar-refractivity contribution < 1.29 is 18.7 Å². The number of nitrogens with zero attached hydrogens (tertiary/aromatic N) is 4. The van der Waals surface area contributed by atoms with Crippen LogP contribution in [-0.2, 0) is 17.8 Å². The molecule has 0 radical (unpaired) electrons. The number of carbonyl (C=O) groups excluding carboxylic acids is 2. The number of carbonyl (C=O) groups is 2. The Morgan fingerprint density at radius 1 is 1.16 bits per heavy atom. The van der Waals surface area contributed by atoms with Gasteiger partial charge in [0.05, 0.1) is 30.4 Å². The molecule has 1 N–H and O–H groups in total. The summed E-state index contributed by atoms with van der Waals surface area (Å²) >= 11 is 0. The molecule has 3 heterocycles. The van der Waals surface area contributed by atoms with E-state index in [9.17, 15) is 9.59 Å². The number of rotatable bonds is 7.